The number of aromatic nitrogens is 2. The van der Waals surface area contributed by atoms with Crippen LogP contribution in [0.4, 0.5) is 11.4 Å². The van der Waals surface area contributed by atoms with Crippen LogP contribution in [-0.4, -0.2) is 66.5 Å². The molecule has 0 aliphatic carbocycles. The van der Waals surface area contributed by atoms with Gasteiger partial charge in [0.05, 0.1) is 30.7 Å². The van der Waals surface area contributed by atoms with E-state index in [1.54, 1.807) is 19.3 Å². The summed E-state index contributed by atoms with van der Waals surface area (Å²) in [5.41, 5.74) is 1.57. The maximum Gasteiger partial charge on any atom is 0.268 e. The van der Waals surface area contributed by atoms with Crippen LogP contribution in [0.2, 0.25) is 0 Å². The summed E-state index contributed by atoms with van der Waals surface area (Å²) in [6.45, 7) is 4.56. The van der Waals surface area contributed by atoms with Crippen molar-refractivity contribution in [2.45, 2.75) is 0 Å². The van der Waals surface area contributed by atoms with E-state index in [1.165, 1.54) is 4.68 Å². The van der Waals surface area contributed by atoms with Gasteiger partial charge in [-0.1, -0.05) is 12.1 Å². The zero-order valence-corrected chi connectivity index (χ0v) is 15.4. The van der Waals surface area contributed by atoms with Crippen LogP contribution in [0.5, 0.6) is 5.75 Å². The first kappa shape index (κ1) is 17.5. The highest BCUT2D eigenvalue weighted by atomic mass is 16.5. The van der Waals surface area contributed by atoms with Gasteiger partial charge in [-0.05, 0) is 12.1 Å². The number of aryl methyl sites for hydroxylation is 1. The van der Waals surface area contributed by atoms with Gasteiger partial charge in [0.15, 0.2) is 0 Å². The largest absolute Gasteiger partial charge is 0.490 e. The van der Waals surface area contributed by atoms with Crippen LogP contribution in [0.1, 0.15) is 0 Å². The van der Waals surface area contributed by atoms with Crippen LogP contribution in [0.3, 0.4) is 0 Å². The minimum Gasteiger partial charge on any atom is -0.490 e. The third-order valence-electron chi connectivity index (χ3n) is 5.08. The number of amides is 1. The quantitative estimate of drug-likeness (QED) is 0.777. The zero-order chi connectivity index (χ0) is 18.8. The second-order valence-electron chi connectivity index (χ2n) is 6.80. The number of hydrogen-bond donors (Lipinski definition) is 0. The van der Waals surface area contributed by atoms with Crippen LogP contribution in [0.25, 0.3) is 0 Å². The van der Waals surface area contributed by atoms with Crippen molar-refractivity contribution in [2.24, 2.45) is 7.05 Å². The lowest BCUT2D eigenvalue weighted by molar-refractivity contribution is -0.120. The van der Waals surface area contributed by atoms with Crippen molar-refractivity contribution >= 4 is 17.3 Å². The summed E-state index contributed by atoms with van der Waals surface area (Å²) in [7, 11) is 1.64. The number of nitrogens with zero attached hydrogens (tertiary/aromatic N) is 5. The Bertz CT molecular complexity index is 889. The van der Waals surface area contributed by atoms with Crippen LogP contribution in [0.15, 0.2) is 41.3 Å². The van der Waals surface area contributed by atoms with Crippen molar-refractivity contribution in [3.05, 3.63) is 46.9 Å². The van der Waals surface area contributed by atoms with Gasteiger partial charge in [0.2, 0.25) is 5.91 Å². The number of carbonyl (C=O) groups excluding carboxylic acids is 1. The molecule has 0 unspecified atom stereocenters. The molecule has 8 heteroatoms. The lowest BCUT2D eigenvalue weighted by Crippen LogP contribution is -2.51. The number of piperazine rings is 1. The summed E-state index contributed by atoms with van der Waals surface area (Å²) in [5, 5.41) is 4.08. The van der Waals surface area contributed by atoms with Gasteiger partial charge in [-0.15, -0.1) is 0 Å². The molecular formula is C19H23N5O3. The van der Waals surface area contributed by atoms with Crippen molar-refractivity contribution in [1.29, 1.82) is 0 Å². The van der Waals surface area contributed by atoms with Crippen LogP contribution < -0.4 is 20.1 Å². The van der Waals surface area contributed by atoms with Crippen LogP contribution in [-0.2, 0) is 11.8 Å². The number of fused-ring (bicyclic) bond motifs is 1. The van der Waals surface area contributed by atoms with Gasteiger partial charge in [0.1, 0.15) is 12.4 Å². The number of hydrogen-bond acceptors (Lipinski definition) is 6. The van der Waals surface area contributed by atoms with Crippen LogP contribution >= 0.6 is 0 Å². The highest BCUT2D eigenvalue weighted by Crippen LogP contribution is 2.31. The van der Waals surface area contributed by atoms with E-state index in [1.807, 2.05) is 29.2 Å². The average molecular weight is 369 g/mol. The topological polar surface area (TPSA) is 70.9 Å². The van der Waals surface area contributed by atoms with E-state index in [9.17, 15) is 9.59 Å². The number of carbonyl (C=O) groups is 1. The summed E-state index contributed by atoms with van der Waals surface area (Å²) < 4.78 is 6.95. The van der Waals surface area contributed by atoms with E-state index in [-0.39, 0.29) is 11.5 Å². The Labute approximate surface area is 157 Å². The van der Waals surface area contributed by atoms with Gasteiger partial charge in [-0.2, -0.15) is 5.10 Å². The number of anilines is 2. The monoisotopic (exact) mass is 369 g/mol. The fraction of sp³-hybridized carbons (Fsp3) is 0.421. The Balaban J connectivity index is 1.36. The van der Waals surface area contributed by atoms with E-state index in [4.69, 9.17) is 4.74 Å². The Morgan fingerprint density at radius 2 is 1.93 bits per heavy atom. The van der Waals surface area contributed by atoms with E-state index in [0.29, 0.717) is 19.7 Å². The second-order valence-corrected chi connectivity index (χ2v) is 6.80. The van der Waals surface area contributed by atoms with Crippen molar-refractivity contribution in [2.75, 3.05) is 55.7 Å². The van der Waals surface area contributed by atoms with Gasteiger partial charge >= 0.3 is 0 Å². The normalized spacial score (nSPS) is 17.4. The first-order chi connectivity index (χ1) is 13.1. The van der Waals surface area contributed by atoms with Gasteiger partial charge < -0.3 is 14.5 Å². The molecule has 4 rings (SSSR count). The molecule has 8 nitrogen and oxygen atoms in total. The first-order valence-electron chi connectivity index (χ1n) is 9.15. The van der Waals surface area contributed by atoms with Gasteiger partial charge in [-0.25, -0.2) is 4.68 Å². The molecule has 0 saturated carbocycles. The fourth-order valence-corrected chi connectivity index (χ4v) is 3.50. The lowest BCUT2D eigenvalue weighted by atomic mass is 10.2. The third kappa shape index (κ3) is 3.66. The molecule has 0 atom stereocenters. The number of benzene rings is 1. The lowest BCUT2D eigenvalue weighted by Gasteiger charge is -2.37. The molecule has 1 aromatic heterocycles. The molecule has 0 radical (unpaired) electrons. The highest BCUT2D eigenvalue weighted by molar-refractivity contribution is 5.96. The summed E-state index contributed by atoms with van der Waals surface area (Å²) in [6, 6.07) is 9.26. The Morgan fingerprint density at radius 3 is 2.70 bits per heavy atom. The molecule has 1 aromatic carbocycles. The Morgan fingerprint density at radius 1 is 1.15 bits per heavy atom. The average Bonchev–Trinajstić information content (AvgIpc) is 2.70. The molecular weight excluding hydrogens is 346 g/mol. The molecule has 142 valence electrons. The molecule has 1 amide bonds. The summed E-state index contributed by atoms with van der Waals surface area (Å²) >= 11 is 0. The Kier molecular flexibility index (Phi) is 4.81. The molecule has 3 heterocycles. The van der Waals surface area contributed by atoms with E-state index < -0.39 is 0 Å². The minimum absolute atomic E-state index is 0.0921. The van der Waals surface area contributed by atoms with Crippen molar-refractivity contribution in [1.82, 2.24) is 14.7 Å². The number of ether oxygens (including phenoxy) is 1. The summed E-state index contributed by atoms with van der Waals surface area (Å²) in [5.74, 6) is 0.856. The van der Waals surface area contributed by atoms with E-state index >= 15 is 0 Å². The molecule has 0 N–H and O–H groups in total. The Hall–Kier alpha value is -2.87. The predicted octanol–water partition coefficient (Wildman–Crippen LogP) is 0.328. The molecule has 2 aliphatic rings. The number of rotatable bonds is 3. The molecule has 2 aliphatic heterocycles. The zero-order valence-electron chi connectivity index (χ0n) is 15.4. The maximum atomic E-state index is 12.8. The molecule has 1 saturated heterocycles. The molecule has 2 aromatic rings. The summed E-state index contributed by atoms with van der Waals surface area (Å²) in [6.07, 6.45) is 1.72. The van der Waals surface area contributed by atoms with E-state index in [2.05, 4.69) is 14.9 Å². The van der Waals surface area contributed by atoms with Crippen molar-refractivity contribution in [3.8, 4) is 5.75 Å². The summed E-state index contributed by atoms with van der Waals surface area (Å²) in [4.78, 5) is 30.7. The molecule has 27 heavy (non-hydrogen) atoms. The van der Waals surface area contributed by atoms with Gasteiger partial charge in [0.25, 0.3) is 5.56 Å². The predicted molar refractivity (Wildman–Crippen MR) is 102 cm³/mol. The van der Waals surface area contributed by atoms with Crippen molar-refractivity contribution < 1.29 is 9.53 Å². The first-order valence-corrected chi connectivity index (χ1v) is 9.15. The SMILES string of the molecule is Cn1ncc(N2CCN(CC(=O)N3CCOc4ccccc43)CC2)cc1=O. The molecule has 0 spiro atoms. The second kappa shape index (κ2) is 7.40. The third-order valence-corrected chi connectivity index (χ3v) is 5.08. The minimum atomic E-state index is -0.115. The van der Waals surface area contributed by atoms with Gasteiger partial charge in [0, 0.05) is 39.3 Å². The van der Waals surface area contributed by atoms with E-state index in [0.717, 1.165) is 43.3 Å². The fourth-order valence-electron chi connectivity index (χ4n) is 3.50. The van der Waals surface area contributed by atoms with Crippen molar-refractivity contribution in [3.63, 3.8) is 0 Å². The molecule has 1 fully saturated rings. The smallest absolute Gasteiger partial charge is 0.268 e. The van der Waals surface area contributed by atoms with Crippen LogP contribution in [0, 0.1) is 0 Å². The molecule has 0 bridgehead atoms. The standard InChI is InChI=1S/C19H23N5O3/c1-21-18(25)12-15(13-20-21)23-8-6-22(7-9-23)14-19(26)24-10-11-27-17-5-3-2-4-16(17)24/h2-5,12-13H,6-11,14H2,1H3. The van der Waals surface area contributed by atoms with Gasteiger partial charge in [-0.3, -0.25) is 14.5 Å². The maximum absolute atomic E-state index is 12.8. The number of para-hydroxylation sites is 2. The highest BCUT2D eigenvalue weighted by Gasteiger charge is 2.26.